The highest BCUT2D eigenvalue weighted by Crippen LogP contribution is 2.32. The number of carbonyl (C=O) groups is 1. The first-order valence-corrected chi connectivity index (χ1v) is 9.19. The average Bonchev–Trinajstić information content (AvgIpc) is 2.63. The molecule has 0 saturated carbocycles. The lowest BCUT2D eigenvalue weighted by molar-refractivity contribution is -0.140. The summed E-state index contributed by atoms with van der Waals surface area (Å²) < 4.78 is 5.55. The number of carboxylic acid groups (broad SMARTS) is 1. The first-order chi connectivity index (χ1) is 12.4. The van der Waals surface area contributed by atoms with Crippen molar-refractivity contribution in [2.24, 2.45) is 5.92 Å². The van der Waals surface area contributed by atoms with Crippen LogP contribution in [0, 0.1) is 5.92 Å². The van der Waals surface area contributed by atoms with Gasteiger partial charge in [0.05, 0.1) is 5.56 Å². The second-order valence-corrected chi connectivity index (χ2v) is 7.08. The van der Waals surface area contributed by atoms with Crippen molar-refractivity contribution in [1.82, 2.24) is 5.32 Å². The highest BCUT2D eigenvalue weighted by atomic mass is 16.4. The van der Waals surface area contributed by atoms with Crippen LogP contribution in [0.4, 0.5) is 0 Å². The molecule has 6 heteroatoms. The second kappa shape index (κ2) is 7.50. The monoisotopic (exact) mass is 359 g/mol. The smallest absolute Gasteiger partial charge is 0.339 e. The molecule has 1 aromatic carbocycles. The third-order valence-electron chi connectivity index (χ3n) is 5.45. The van der Waals surface area contributed by atoms with E-state index in [2.05, 4.69) is 5.32 Å². The van der Waals surface area contributed by atoms with Crippen LogP contribution in [0.15, 0.2) is 21.3 Å². The molecule has 0 aliphatic heterocycles. The van der Waals surface area contributed by atoms with E-state index in [-0.39, 0.29) is 23.8 Å². The van der Waals surface area contributed by atoms with Crippen molar-refractivity contribution in [2.45, 2.75) is 58.5 Å². The standard InChI is InChI=1S/C20H25NO5/c1-3-11(2)17(19(23)24)21-10-15-16(22)9-8-13-12-6-4-5-7-14(12)20(25)26-18(13)15/h8-9,11,17,21-22H,3-7,10H2,1-2H3,(H,23,24)/t11?,17-/m0/s1. The molecule has 1 aromatic heterocycles. The molecule has 0 saturated heterocycles. The van der Waals surface area contributed by atoms with E-state index in [1.807, 2.05) is 13.8 Å². The van der Waals surface area contributed by atoms with Crippen LogP contribution < -0.4 is 10.9 Å². The van der Waals surface area contributed by atoms with Gasteiger partial charge in [0.2, 0.25) is 0 Å². The molecule has 2 atom stereocenters. The van der Waals surface area contributed by atoms with Gasteiger partial charge in [-0.05, 0) is 49.3 Å². The lowest BCUT2D eigenvalue weighted by Gasteiger charge is -2.21. The van der Waals surface area contributed by atoms with Crippen LogP contribution in [0.25, 0.3) is 11.0 Å². The number of carboxylic acids is 1. The molecule has 1 aliphatic rings. The van der Waals surface area contributed by atoms with Crippen molar-refractivity contribution in [3.05, 3.63) is 39.2 Å². The van der Waals surface area contributed by atoms with Crippen LogP contribution >= 0.6 is 0 Å². The zero-order valence-corrected chi connectivity index (χ0v) is 15.2. The average molecular weight is 359 g/mol. The fourth-order valence-electron chi connectivity index (χ4n) is 3.70. The molecule has 0 fully saturated rings. The molecule has 1 aliphatic carbocycles. The first-order valence-electron chi connectivity index (χ1n) is 9.19. The van der Waals surface area contributed by atoms with Gasteiger partial charge in [-0.25, -0.2) is 4.79 Å². The largest absolute Gasteiger partial charge is 0.507 e. The summed E-state index contributed by atoms with van der Waals surface area (Å²) in [6.07, 6.45) is 4.25. The number of aliphatic carboxylic acids is 1. The Hall–Kier alpha value is -2.34. The minimum atomic E-state index is -0.932. The lowest BCUT2D eigenvalue weighted by atomic mass is 9.90. The van der Waals surface area contributed by atoms with Crippen LogP contribution in [0.1, 0.15) is 49.8 Å². The number of nitrogens with one attached hydrogen (secondary N) is 1. The van der Waals surface area contributed by atoms with Gasteiger partial charge in [-0.3, -0.25) is 10.1 Å². The molecule has 3 rings (SSSR count). The highest BCUT2D eigenvalue weighted by Gasteiger charge is 2.25. The van der Waals surface area contributed by atoms with Gasteiger partial charge in [-0.15, -0.1) is 0 Å². The normalized spacial score (nSPS) is 16.2. The van der Waals surface area contributed by atoms with Gasteiger partial charge >= 0.3 is 11.6 Å². The molecular formula is C20H25NO5. The Morgan fingerprint density at radius 3 is 2.62 bits per heavy atom. The summed E-state index contributed by atoms with van der Waals surface area (Å²) in [4.78, 5) is 23.9. The number of hydrogen-bond acceptors (Lipinski definition) is 5. The summed E-state index contributed by atoms with van der Waals surface area (Å²) in [6, 6.07) is 2.64. The topological polar surface area (TPSA) is 99.8 Å². The number of phenols is 1. The van der Waals surface area contributed by atoms with Gasteiger partial charge in [-0.2, -0.15) is 0 Å². The van der Waals surface area contributed by atoms with E-state index >= 15 is 0 Å². The number of benzene rings is 1. The maximum Gasteiger partial charge on any atom is 0.339 e. The third-order valence-corrected chi connectivity index (χ3v) is 5.45. The van der Waals surface area contributed by atoms with Gasteiger partial charge in [-0.1, -0.05) is 20.3 Å². The van der Waals surface area contributed by atoms with Crippen LogP contribution in [0.5, 0.6) is 5.75 Å². The molecule has 0 amide bonds. The molecule has 26 heavy (non-hydrogen) atoms. The molecule has 2 aromatic rings. The van der Waals surface area contributed by atoms with Crippen molar-refractivity contribution in [3.8, 4) is 5.75 Å². The summed E-state index contributed by atoms with van der Waals surface area (Å²) in [5.41, 5.74) is 2.17. The van der Waals surface area contributed by atoms with Crippen molar-refractivity contribution >= 4 is 16.9 Å². The summed E-state index contributed by atoms with van der Waals surface area (Å²) in [7, 11) is 0. The molecule has 0 spiro atoms. The quantitative estimate of drug-likeness (QED) is 0.686. The molecule has 140 valence electrons. The van der Waals surface area contributed by atoms with Gasteiger partial charge in [0.15, 0.2) is 0 Å². The van der Waals surface area contributed by atoms with E-state index in [0.717, 1.165) is 42.2 Å². The van der Waals surface area contributed by atoms with Crippen LogP contribution in [-0.4, -0.2) is 22.2 Å². The maximum absolute atomic E-state index is 12.4. The summed E-state index contributed by atoms with van der Waals surface area (Å²) in [5.74, 6) is -1.00. The molecule has 6 nitrogen and oxygen atoms in total. The van der Waals surface area contributed by atoms with Crippen molar-refractivity contribution in [3.63, 3.8) is 0 Å². The maximum atomic E-state index is 12.4. The highest BCUT2D eigenvalue weighted by molar-refractivity contribution is 5.86. The van der Waals surface area contributed by atoms with Crippen molar-refractivity contribution < 1.29 is 19.4 Å². The van der Waals surface area contributed by atoms with Gasteiger partial charge in [0.25, 0.3) is 0 Å². The fraction of sp³-hybridized carbons (Fsp3) is 0.500. The van der Waals surface area contributed by atoms with Crippen LogP contribution in [0.3, 0.4) is 0 Å². The van der Waals surface area contributed by atoms with E-state index < -0.39 is 12.0 Å². The minimum absolute atomic E-state index is 0.00259. The Morgan fingerprint density at radius 1 is 1.27 bits per heavy atom. The number of fused-ring (bicyclic) bond motifs is 3. The fourth-order valence-corrected chi connectivity index (χ4v) is 3.70. The second-order valence-electron chi connectivity index (χ2n) is 7.08. The lowest BCUT2D eigenvalue weighted by Crippen LogP contribution is -2.41. The molecule has 3 N–H and O–H groups in total. The van der Waals surface area contributed by atoms with Gasteiger partial charge in [0.1, 0.15) is 17.4 Å². The van der Waals surface area contributed by atoms with Gasteiger partial charge < -0.3 is 14.6 Å². The Morgan fingerprint density at radius 2 is 1.96 bits per heavy atom. The molecule has 0 bridgehead atoms. The predicted octanol–water partition coefficient (Wildman–Crippen LogP) is 2.97. The molecule has 1 unspecified atom stereocenters. The molecule has 0 radical (unpaired) electrons. The van der Waals surface area contributed by atoms with E-state index in [0.29, 0.717) is 17.6 Å². The Bertz CT molecular complexity index is 886. The van der Waals surface area contributed by atoms with E-state index in [1.54, 1.807) is 12.1 Å². The van der Waals surface area contributed by atoms with E-state index in [4.69, 9.17) is 4.42 Å². The molecular weight excluding hydrogens is 334 g/mol. The SMILES string of the molecule is CCC(C)[C@H](NCc1c(O)ccc2c3c(c(=O)oc12)CCCC3)C(=O)O. The number of rotatable bonds is 6. The number of aryl methyl sites for hydroxylation is 1. The summed E-state index contributed by atoms with van der Waals surface area (Å²) >= 11 is 0. The third kappa shape index (κ3) is 3.33. The Labute approximate surface area is 151 Å². The van der Waals surface area contributed by atoms with Gasteiger partial charge in [0, 0.05) is 17.5 Å². The van der Waals surface area contributed by atoms with Crippen molar-refractivity contribution in [2.75, 3.05) is 0 Å². The number of aromatic hydroxyl groups is 1. The number of hydrogen-bond donors (Lipinski definition) is 3. The number of phenolic OH excluding ortho intramolecular Hbond substituents is 1. The van der Waals surface area contributed by atoms with Crippen LogP contribution in [-0.2, 0) is 24.2 Å². The Balaban J connectivity index is 2.03. The Kier molecular flexibility index (Phi) is 5.32. The summed E-state index contributed by atoms with van der Waals surface area (Å²) in [5, 5.41) is 23.6. The van der Waals surface area contributed by atoms with Crippen molar-refractivity contribution in [1.29, 1.82) is 0 Å². The molecule has 1 heterocycles. The summed E-state index contributed by atoms with van der Waals surface area (Å²) in [6.45, 7) is 3.92. The zero-order chi connectivity index (χ0) is 18.8. The van der Waals surface area contributed by atoms with E-state index in [1.165, 1.54) is 0 Å². The minimum Gasteiger partial charge on any atom is -0.507 e. The van der Waals surface area contributed by atoms with E-state index in [9.17, 15) is 19.8 Å². The first kappa shape index (κ1) is 18.5. The zero-order valence-electron chi connectivity index (χ0n) is 15.2. The van der Waals surface area contributed by atoms with Crippen LogP contribution in [0.2, 0.25) is 0 Å². The predicted molar refractivity (Wildman–Crippen MR) is 98.5 cm³/mol.